The lowest BCUT2D eigenvalue weighted by atomic mass is 10.2. The average molecular weight is 299 g/mol. The molecule has 0 aliphatic rings. The fraction of sp³-hybridized carbons (Fsp3) is 0. The molecular formula is C12H5Cl2FN2S. The van der Waals surface area contributed by atoms with E-state index < -0.39 is 5.82 Å². The summed E-state index contributed by atoms with van der Waals surface area (Å²) in [4.78, 5) is 9.10. The number of halogens is 3. The molecule has 0 fully saturated rings. The van der Waals surface area contributed by atoms with Crippen LogP contribution in [0.2, 0.25) is 10.2 Å². The molecule has 0 spiro atoms. The maximum Gasteiger partial charge on any atom is 0.166 e. The van der Waals surface area contributed by atoms with Gasteiger partial charge >= 0.3 is 0 Å². The van der Waals surface area contributed by atoms with E-state index in [1.807, 2.05) is 11.4 Å². The van der Waals surface area contributed by atoms with Gasteiger partial charge in [-0.3, -0.25) is 0 Å². The minimum atomic E-state index is -0.463. The van der Waals surface area contributed by atoms with Crippen molar-refractivity contribution in [3.63, 3.8) is 0 Å². The van der Waals surface area contributed by atoms with Crippen molar-refractivity contribution in [3.8, 4) is 11.4 Å². The van der Waals surface area contributed by atoms with Gasteiger partial charge in [0.25, 0.3) is 0 Å². The fourth-order valence-electron chi connectivity index (χ4n) is 1.64. The number of hydrogen-bond acceptors (Lipinski definition) is 3. The molecule has 3 aromatic rings. The molecule has 0 aliphatic carbocycles. The van der Waals surface area contributed by atoms with E-state index in [0.717, 1.165) is 5.39 Å². The summed E-state index contributed by atoms with van der Waals surface area (Å²) < 4.78 is 13.8. The summed E-state index contributed by atoms with van der Waals surface area (Å²) in [5.41, 5.74) is 0.177. The van der Waals surface area contributed by atoms with Gasteiger partial charge in [-0.15, -0.1) is 11.3 Å². The van der Waals surface area contributed by atoms with E-state index in [1.54, 1.807) is 6.07 Å². The Bertz CT molecular complexity index is 722. The van der Waals surface area contributed by atoms with Crippen molar-refractivity contribution in [1.29, 1.82) is 0 Å². The summed E-state index contributed by atoms with van der Waals surface area (Å²) in [7, 11) is 0. The molecule has 0 amide bonds. The molecule has 0 N–H and O–H groups in total. The lowest BCUT2D eigenvalue weighted by Gasteiger charge is -2.05. The SMILES string of the molecule is Fc1cccc(Cl)c1-c1nc(Cl)c2ccsc2n1. The molecule has 6 heteroatoms. The smallest absolute Gasteiger partial charge is 0.166 e. The second kappa shape index (κ2) is 4.46. The maximum absolute atomic E-state index is 13.8. The zero-order valence-corrected chi connectivity index (χ0v) is 11.2. The predicted molar refractivity (Wildman–Crippen MR) is 72.8 cm³/mol. The van der Waals surface area contributed by atoms with E-state index in [9.17, 15) is 4.39 Å². The summed E-state index contributed by atoms with van der Waals surface area (Å²) in [5, 5.41) is 3.19. The highest BCUT2D eigenvalue weighted by Gasteiger charge is 2.15. The van der Waals surface area contributed by atoms with Crippen molar-refractivity contribution in [1.82, 2.24) is 9.97 Å². The molecule has 18 heavy (non-hydrogen) atoms. The highest BCUT2D eigenvalue weighted by molar-refractivity contribution is 7.16. The third-order valence-corrected chi connectivity index (χ3v) is 3.87. The first-order chi connectivity index (χ1) is 8.66. The Hall–Kier alpha value is -1.23. The topological polar surface area (TPSA) is 25.8 Å². The molecule has 0 atom stereocenters. The second-order valence-corrected chi connectivity index (χ2v) is 5.23. The molecule has 0 saturated carbocycles. The van der Waals surface area contributed by atoms with Gasteiger partial charge in [0.15, 0.2) is 5.82 Å². The van der Waals surface area contributed by atoms with Gasteiger partial charge in [-0.1, -0.05) is 29.3 Å². The van der Waals surface area contributed by atoms with Gasteiger partial charge in [-0.25, -0.2) is 14.4 Å². The summed E-state index contributed by atoms with van der Waals surface area (Å²) in [6.45, 7) is 0. The normalized spacial score (nSPS) is 11.1. The molecule has 0 radical (unpaired) electrons. The molecule has 2 nitrogen and oxygen atoms in total. The van der Waals surface area contributed by atoms with E-state index in [4.69, 9.17) is 23.2 Å². The number of aromatic nitrogens is 2. The molecule has 2 aromatic heterocycles. The first kappa shape index (κ1) is 11.8. The van der Waals surface area contributed by atoms with Crippen LogP contribution in [0.3, 0.4) is 0 Å². The zero-order valence-electron chi connectivity index (χ0n) is 8.82. The van der Waals surface area contributed by atoms with Crippen LogP contribution in [0.15, 0.2) is 29.6 Å². The van der Waals surface area contributed by atoms with Crippen molar-refractivity contribution >= 4 is 44.8 Å². The molecule has 1 aromatic carbocycles. The zero-order chi connectivity index (χ0) is 12.7. The Morgan fingerprint density at radius 1 is 1.11 bits per heavy atom. The predicted octanol–water partition coefficient (Wildman–Crippen LogP) is 4.80. The number of hydrogen-bond donors (Lipinski definition) is 0. The van der Waals surface area contributed by atoms with Crippen LogP contribution in [0.1, 0.15) is 0 Å². The van der Waals surface area contributed by atoms with Crippen molar-refractivity contribution in [2.75, 3.05) is 0 Å². The van der Waals surface area contributed by atoms with E-state index >= 15 is 0 Å². The average Bonchev–Trinajstić information content (AvgIpc) is 2.77. The first-order valence-electron chi connectivity index (χ1n) is 5.02. The fourth-order valence-corrected chi connectivity index (χ4v) is 2.94. The summed E-state index contributed by atoms with van der Waals surface area (Å²) in [6, 6.07) is 6.27. The number of benzene rings is 1. The Balaban J connectivity index is 2.31. The molecule has 3 rings (SSSR count). The highest BCUT2D eigenvalue weighted by Crippen LogP contribution is 2.32. The summed E-state index contributed by atoms with van der Waals surface area (Å²) in [6.07, 6.45) is 0. The number of fused-ring (bicyclic) bond motifs is 1. The van der Waals surface area contributed by atoms with Gasteiger partial charge in [0.05, 0.1) is 10.6 Å². The van der Waals surface area contributed by atoms with Crippen LogP contribution in [-0.2, 0) is 0 Å². The molecule has 0 unspecified atom stereocenters. The summed E-state index contributed by atoms with van der Waals surface area (Å²) in [5.74, 6) is -0.257. The van der Waals surface area contributed by atoms with E-state index in [0.29, 0.717) is 9.98 Å². The molecule has 0 bridgehead atoms. The Labute approximate surface area is 116 Å². The maximum atomic E-state index is 13.8. The molecule has 90 valence electrons. The lowest BCUT2D eigenvalue weighted by molar-refractivity contribution is 0.630. The van der Waals surface area contributed by atoms with Gasteiger partial charge in [0.1, 0.15) is 15.8 Å². The van der Waals surface area contributed by atoms with Gasteiger partial charge in [-0.05, 0) is 23.6 Å². The Morgan fingerprint density at radius 2 is 1.94 bits per heavy atom. The first-order valence-corrected chi connectivity index (χ1v) is 6.65. The molecule has 0 saturated heterocycles. The Kier molecular flexibility index (Phi) is 2.93. The third kappa shape index (κ3) is 1.86. The van der Waals surface area contributed by atoms with Crippen LogP contribution in [0, 0.1) is 5.82 Å². The van der Waals surface area contributed by atoms with Crippen molar-refractivity contribution < 1.29 is 4.39 Å². The second-order valence-electron chi connectivity index (χ2n) is 3.57. The van der Waals surface area contributed by atoms with Crippen LogP contribution in [-0.4, -0.2) is 9.97 Å². The quantitative estimate of drug-likeness (QED) is 0.603. The van der Waals surface area contributed by atoms with E-state index in [2.05, 4.69) is 9.97 Å². The van der Waals surface area contributed by atoms with Crippen LogP contribution in [0.4, 0.5) is 4.39 Å². The summed E-state index contributed by atoms with van der Waals surface area (Å²) >= 11 is 13.5. The van der Waals surface area contributed by atoms with Gasteiger partial charge in [-0.2, -0.15) is 0 Å². The van der Waals surface area contributed by atoms with E-state index in [-0.39, 0.29) is 16.4 Å². The van der Waals surface area contributed by atoms with Crippen LogP contribution in [0.25, 0.3) is 21.6 Å². The number of rotatable bonds is 1. The standard InChI is InChI=1S/C12H5Cl2FN2S/c13-7-2-1-3-8(15)9(7)11-16-10(14)6-4-5-18-12(6)17-11/h1-5H. The number of thiophene rings is 1. The van der Waals surface area contributed by atoms with Gasteiger partial charge < -0.3 is 0 Å². The largest absolute Gasteiger partial charge is 0.217 e. The van der Waals surface area contributed by atoms with Gasteiger partial charge in [0.2, 0.25) is 0 Å². The highest BCUT2D eigenvalue weighted by atomic mass is 35.5. The van der Waals surface area contributed by atoms with Crippen molar-refractivity contribution in [3.05, 3.63) is 45.6 Å². The molecule has 0 aliphatic heterocycles. The van der Waals surface area contributed by atoms with Crippen LogP contribution in [0.5, 0.6) is 0 Å². The third-order valence-electron chi connectivity index (χ3n) is 2.46. The van der Waals surface area contributed by atoms with Crippen molar-refractivity contribution in [2.45, 2.75) is 0 Å². The van der Waals surface area contributed by atoms with Gasteiger partial charge in [0, 0.05) is 5.39 Å². The van der Waals surface area contributed by atoms with E-state index in [1.165, 1.54) is 23.5 Å². The lowest BCUT2D eigenvalue weighted by Crippen LogP contribution is -1.93. The minimum absolute atomic E-state index is 0.177. The Morgan fingerprint density at radius 3 is 2.72 bits per heavy atom. The monoisotopic (exact) mass is 298 g/mol. The number of nitrogens with zero attached hydrogens (tertiary/aromatic N) is 2. The van der Waals surface area contributed by atoms with Crippen LogP contribution >= 0.6 is 34.5 Å². The minimum Gasteiger partial charge on any atom is -0.217 e. The van der Waals surface area contributed by atoms with Crippen LogP contribution < -0.4 is 0 Å². The molecular weight excluding hydrogens is 294 g/mol. The molecule has 2 heterocycles. The van der Waals surface area contributed by atoms with Crippen molar-refractivity contribution in [2.24, 2.45) is 0 Å².